The summed E-state index contributed by atoms with van der Waals surface area (Å²) in [7, 11) is 0. The Morgan fingerprint density at radius 3 is 2.77 bits per heavy atom. The Bertz CT molecular complexity index is 803. The van der Waals surface area contributed by atoms with Crippen LogP contribution in [0.15, 0.2) is 29.0 Å². The number of piperazine rings is 1. The number of hydrogen-bond donors (Lipinski definition) is 2. The number of hydrogen-bond acceptors (Lipinski definition) is 6. The normalized spacial score (nSPS) is 16.1. The molecule has 26 heavy (non-hydrogen) atoms. The summed E-state index contributed by atoms with van der Waals surface area (Å²) in [6, 6.07) is 5.10. The molecule has 0 spiro atoms. The standard InChI is InChI=1S/C17H19N3O4S2/c1-2-19-6-7-20(16(23)15(19)22)17(24)18-9-12(21)14-4-3-13(26-14)11-5-8-25-10-11/h3-5,8,10,12,21H,2,6-7,9H2,1H3,(H,18,24). The third-order valence-electron chi connectivity index (χ3n) is 4.14. The van der Waals surface area contributed by atoms with Crippen LogP contribution in [0.25, 0.3) is 10.4 Å². The van der Waals surface area contributed by atoms with Gasteiger partial charge in [0.15, 0.2) is 0 Å². The topological polar surface area (TPSA) is 89.9 Å². The molecule has 1 atom stereocenters. The van der Waals surface area contributed by atoms with Crippen LogP contribution in [0.5, 0.6) is 0 Å². The Hall–Kier alpha value is -2.23. The second-order valence-electron chi connectivity index (χ2n) is 5.76. The molecule has 4 amide bonds. The average molecular weight is 393 g/mol. The summed E-state index contributed by atoms with van der Waals surface area (Å²) in [6.45, 7) is 2.66. The first-order chi connectivity index (χ1) is 12.5. The number of carbonyl (C=O) groups excluding carboxylic acids is 3. The molecule has 3 rings (SSSR count). The quantitative estimate of drug-likeness (QED) is 0.760. The maximum Gasteiger partial charge on any atom is 0.324 e. The fourth-order valence-electron chi connectivity index (χ4n) is 2.64. The van der Waals surface area contributed by atoms with Gasteiger partial charge in [-0.3, -0.25) is 14.5 Å². The van der Waals surface area contributed by atoms with E-state index in [4.69, 9.17) is 0 Å². The van der Waals surface area contributed by atoms with Crippen LogP contribution in [-0.4, -0.2) is 58.9 Å². The summed E-state index contributed by atoms with van der Waals surface area (Å²) in [6.07, 6.45) is -0.876. The molecular formula is C17H19N3O4S2. The molecule has 1 aliphatic heterocycles. The lowest BCUT2D eigenvalue weighted by molar-refractivity contribution is -0.153. The van der Waals surface area contributed by atoms with E-state index in [0.29, 0.717) is 13.1 Å². The minimum absolute atomic E-state index is 0.0299. The van der Waals surface area contributed by atoms with Crippen LogP contribution in [0.2, 0.25) is 0 Å². The number of likely N-dealkylation sites (N-methyl/N-ethyl adjacent to an activating group) is 1. The lowest BCUT2D eigenvalue weighted by atomic mass is 10.2. The molecule has 1 saturated heterocycles. The van der Waals surface area contributed by atoms with Gasteiger partial charge < -0.3 is 15.3 Å². The zero-order valence-corrected chi connectivity index (χ0v) is 15.8. The van der Waals surface area contributed by atoms with E-state index >= 15 is 0 Å². The largest absolute Gasteiger partial charge is 0.386 e. The SMILES string of the molecule is CCN1CCN(C(=O)NCC(O)c2ccc(-c3ccsc3)s2)C(=O)C1=O. The number of nitrogens with zero attached hydrogens (tertiary/aromatic N) is 2. The van der Waals surface area contributed by atoms with Crippen molar-refractivity contribution in [3.05, 3.63) is 33.8 Å². The molecule has 138 valence electrons. The lowest BCUT2D eigenvalue weighted by Crippen LogP contribution is -2.58. The molecule has 7 nitrogen and oxygen atoms in total. The maximum atomic E-state index is 12.2. The van der Waals surface area contributed by atoms with E-state index in [1.54, 1.807) is 18.3 Å². The zero-order valence-electron chi connectivity index (χ0n) is 14.2. The van der Waals surface area contributed by atoms with Crippen molar-refractivity contribution in [3.8, 4) is 10.4 Å². The van der Waals surface area contributed by atoms with Crippen molar-refractivity contribution in [2.75, 3.05) is 26.2 Å². The van der Waals surface area contributed by atoms with Gasteiger partial charge in [-0.05, 0) is 35.9 Å². The molecule has 1 fully saturated rings. The number of aliphatic hydroxyl groups is 1. The fraction of sp³-hybridized carbons (Fsp3) is 0.353. The smallest absolute Gasteiger partial charge is 0.324 e. The molecule has 0 bridgehead atoms. The van der Waals surface area contributed by atoms with Crippen molar-refractivity contribution >= 4 is 40.5 Å². The minimum Gasteiger partial charge on any atom is -0.386 e. The summed E-state index contributed by atoms with van der Waals surface area (Å²) >= 11 is 3.06. The van der Waals surface area contributed by atoms with Gasteiger partial charge >= 0.3 is 17.8 Å². The van der Waals surface area contributed by atoms with E-state index in [0.717, 1.165) is 20.2 Å². The number of carbonyl (C=O) groups is 3. The lowest BCUT2D eigenvalue weighted by Gasteiger charge is -2.31. The van der Waals surface area contributed by atoms with Gasteiger partial charge in [-0.25, -0.2) is 4.79 Å². The van der Waals surface area contributed by atoms with Gasteiger partial charge in [0.2, 0.25) is 0 Å². The van der Waals surface area contributed by atoms with Crippen molar-refractivity contribution in [3.63, 3.8) is 0 Å². The highest BCUT2D eigenvalue weighted by Gasteiger charge is 2.35. The Balaban J connectivity index is 1.56. The number of aliphatic hydroxyl groups excluding tert-OH is 1. The average Bonchev–Trinajstić information content (AvgIpc) is 3.32. The van der Waals surface area contributed by atoms with Crippen molar-refractivity contribution in [1.82, 2.24) is 15.1 Å². The number of rotatable bonds is 5. The first kappa shape index (κ1) is 18.6. The summed E-state index contributed by atoms with van der Waals surface area (Å²) in [5.74, 6) is -1.51. The van der Waals surface area contributed by atoms with Gasteiger partial charge in [-0.1, -0.05) is 0 Å². The Kier molecular flexibility index (Phi) is 5.70. The molecular weight excluding hydrogens is 374 g/mol. The monoisotopic (exact) mass is 393 g/mol. The van der Waals surface area contributed by atoms with E-state index in [2.05, 4.69) is 5.32 Å². The van der Waals surface area contributed by atoms with Crippen molar-refractivity contribution < 1.29 is 19.5 Å². The molecule has 0 aromatic carbocycles. The first-order valence-corrected chi connectivity index (χ1v) is 9.96. The van der Waals surface area contributed by atoms with Crippen LogP contribution >= 0.6 is 22.7 Å². The van der Waals surface area contributed by atoms with Gasteiger partial charge in [-0.2, -0.15) is 11.3 Å². The van der Waals surface area contributed by atoms with Crippen LogP contribution in [-0.2, 0) is 9.59 Å². The van der Waals surface area contributed by atoms with Crippen LogP contribution in [0.1, 0.15) is 17.9 Å². The summed E-state index contributed by atoms with van der Waals surface area (Å²) in [5.41, 5.74) is 1.10. The van der Waals surface area contributed by atoms with Crippen molar-refractivity contribution in [2.45, 2.75) is 13.0 Å². The number of imide groups is 1. The molecule has 3 heterocycles. The Morgan fingerprint density at radius 2 is 2.08 bits per heavy atom. The third-order valence-corrected chi connectivity index (χ3v) is 6.06. The number of nitrogens with one attached hydrogen (secondary N) is 1. The second-order valence-corrected chi connectivity index (χ2v) is 7.65. The highest BCUT2D eigenvalue weighted by atomic mass is 32.1. The van der Waals surface area contributed by atoms with Gasteiger partial charge in [-0.15, -0.1) is 11.3 Å². The van der Waals surface area contributed by atoms with Crippen LogP contribution in [0, 0.1) is 0 Å². The van der Waals surface area contributed by atoms with Gasteiger partial charge in [0, 0.05) is 35.0 Å². The zero-order chi connectivity index (χ0) is 18.7. The molecule has 9 heteroatoms. The summed E-state index contributed by atoms with van der Waals surface area (Å²) < 4.78 is 0. The Labute approximate surface area is 158 Å². The third kappa shape index (κ3) is 3.79. The predicted molar refractivity (Wildman–Crippen MR) is 100.0 cm³/mol. The highest BCUT2D eigenvalue weighted by Crippen LogP contribution is 2.32. The number of thiophene rings is 2. The first-order valence-electron chi connectivity index (χ1n) is 8.20. The van der Waals surface area contributed by atoms with Gasteiger partial charge in [0.25, 0.3) is 0 Å². The molecule has 0 aliphatic carbocycles. The molecule has 0 radical (unpaired) electrons. The summed E-state index contributed by atoms with van der Waals surface area (Å²) in [5, 5.41) is 16.8. The fourth-order valence-corrected chi connectivity index (χ4v) is 4.36. The van der Waals surface area contributed by atoms with E-state index < -0.39 is 23.9 Å². The summed E-state index contributed by atoms with van der Waals surface area (Å²) in [4.78, 5) is 40.1. The maximum absolute atomic E-state index is 12.2. The van der Waals surface area contributed by atoms with E-state index in [1.807, 2.05) is 29.0 Å². The Morgan fingerprint density at radius 1 is 1.27 bits per heavy atom. The van der Waals surface area contributed by atoms with Gasteiger partial charge in [0.1, 0.15) is 6.10 Å². The predicted octanol–water partition coefficient (Wildman–Crippen LogP) is 1.91. The highest BCUT2D eigenvalue weighted by molar-refractivity contribution is 7.16. The van der Waals surface area contributed by atoms with Crippen LogP contribution in [0.4, 0.5) is 4.79 Å². The second kappa shape index (κ2) is 7.98. The molecule has 2 aromatic rings. The minimum atomic E-state index is -0.876. The van der Waals surface area contributed by atoms with Crippen molar-refractivity contribution in [1.29, 1.82) is 0 Å². The molecule has 2 N–H and O–H groups in total. The molecule has 2 aromatic heterocycles. The van der Waals surface area contributed by atoms with E-state index in [1.165, 1.54) is 16.2 Å². The number of urea groups is 1. The molecule has 0 saturated carbocycles. The molecule has 1 unspecified atom stereocenters. The van der Waals surface area contributed by atoms with Crippen molar-refractivity contribution in [2.24, 2.45) is 0 Å². The van der Waals surface area contributed by atoms with Gasteiger partial charge in [0.05, 0.1) is 6.54 Å². The van der Waals surface area contributed by atoms with Crippen LogP contribution < -0.4 is 5.32 Å². The molecule has 1 aliphatic rings. The van der Waals surface area contributed by atoms with E-state index in [-0.39, 0.29) is 13.1 Å². The van der Waals surface area contributed by atoms with E-state index in [9.17, 15) is 19.5 Å². The van der Waals surface area contributed by atoms with Crippen LogP contribution in [0.3, 0.4) is 0 Å². The number of amides is 4.